The van der Waals surface area contributed by atoms with Crippen molar-refractivity contribution in [3.05, 3.63) is 17.8 Å². The summed E-state index contributed by atoms with van der Waals surface area (Å²) < 4.78 is 11.3. The van der Waals surface area contributed by atoms with Gasteiger partial charge in [0.15, 0.2) is 8.32 Å². The Morgan fingerprint density at radius 2 is 1.83 bits per heavy atom. The number of nitrogens with zero attached hydrogens (tertiary/aromatic N) is 1. The first kappa shape index (κ1) is 15.4. The summed E-state index contributed by atoms with van der Waals surface area (Å²) in [4.78, 5) is 4.25. The topological polar surface area (TPSA) is 55.5 Å². The van der Waals surface area contributed by atoms with Crippen molar-refractivity contribution in [1.29, 1.82) is 0 Å². The molecule has 0 fully saturated rings. The third kappa shape index (κ3) is 3.67. The molecule has 104 valence electrons. The van der Waals surface area contributed by atoms with Gasteiger partial charge in [-0.05, 0) is 32.0 Å². The van der Waals surface area contributed by atoms with Crippen LogP contribution in [-0.2, 0) is 16.6 Å². The Balaban J connectivity index is 2.68. The smallest absolute Gasteiger partial charge is 0.225 e. The molecule has 0 bridgehead atoms. The second-order valence-corrected chi connectivity index (χ2v) is 11.6. The van der Waals surface area contributed by atoms with Gasteiger partial charge in [-0.25, -0.2) is 4.98 Å². The summed E-state index contributed by atoms with van der Waals surface area (Å²) in [6.45, 7) is 14.7. The van der Waals surface area contributed by atoms with E-state index in [4.69, 9.17) is 8.84 Å². The Labute approximate surface area is 111 Å². The molecule has 1 aromatic rings. The number of aromatic nitrogens is 1. The zero-order chi connectivity index (χ0) is 14.2. The van der Waals surface area contributed by atoms with E-state index in [-0.39, 0.29) is 5.04 Å². The van der Waals surface area contributed by atoms with Crippen LogP contribution in [-0.4, -0.2) is 18.4 Å². The Hall–Kier alpha value is -0.653. The Bertz CT molecular complexity index is 399. The van der Waals surface area contributed by atoms with Crippen LogP contribution < -0.4 is 0 Å². The van der Waals surface area contributed by atoms with E-state index in [1.54, 1.807) is 20.1 Å². The van der Waals surface area contributed by atoms with E-state index >= 15 is 0 Å². The van der Waals surface area contributed by atoms with Gasteiger partial charge in [-0.1, -0.05) is 20.8 Å². The summed E-state index contributed by atoms with van der Waals surface area (Å²) in [6.07, 6.45) is 1.56. The minimum atomic E-state index is -1.77. The first-order valence-corrected chi connectivity index (χ1v) is 9.15. The summed E-state index contributed by atoms with van der Waals surface area (Å²) in [5, 5.41) is 9.95. The molecule has 1 N–H and O–H groups in total. The van der Waals surface area contributed by atoms with E-state index < -0.39 is 13.9 Å². The maximum Gasteiger partial charge on any atom is 0.225 e. The molecule has 0 unspecified atom stereocenters. The van der Waals surface area contributed by atoms with Gasteiger partial charge in [-0.2, -0.15) is 0 Å². The van der Waals surface area contributed by atoms with Crippen LogP contribution >= 0.6 is 0 Å². The minimum Gasteiger partial charge on any atom is -0.446 e. The minimum absolute atomic E-state index is 0.176. The predicted molar refractivity (Wildman–Crippen MR) is 73.7 cm³/mol. The van der Waals surface area contributed by atoms with Gasteiger partial charge in [-0.3, -0.25) is 0 Å². The fourth-order valence-corrected chi connectivity index (χ4v) is 2.07. The molecule has 18 heavy (non-hydrogen) atoms. The molecule has 0 aliphatic heterocycles. The molecule has 5 heteroatoms. The molecule has 0 atom stereocenters. The number of hydrogen-bond donors (Lipinski definition) is 1. The molecule has 0 aromatic carbocycles. The van der Waals surface area contributed by atoms with Gasteiger partial charge in [0.05, 0.1) is 6.61 Å². The molecule has 1 aromatic heterocycles. The van der Waals surface area contributed by atoms with Gasteiger partial charge >= 0.3 is 0 Å². The lowest BCUT2D eigenvalue weighted by atomic mass is 10.1. The standard InChI is InChI=1S/C13H25NO3Si/c1-12(2,3)18(6,7)17-9-10-8-16-11(14-10)13(4,5)15/h8,15H,9H2,1-7H3. The fraction of sp³-hybridized carbons (Fsp3) is 0.769. The zero-order valence-corrected chi connectivity index (χ0v) is 13.5. The Morgan fingerprint density at radius 3 is 2.22 bits per heavy atom. The summed E-state index contributed by atoms with van der Waals surface area (Å²) in [5.41, 5.74) is -0.313. The van der Waals surface area contributed by atoms with Crippen LogP contribution in [0.4, 0.5) is 0 Å². The Kier molecular flexibility index (Phi) is 4.10. The van der Waals surface area contributed by atoms with E-state index in [1.165, 1.54) is 0 Å². The summed E-state index contributed by atoms with van der Waals surface area (Å²) in [5.74, 6) is 0.330. The van der Waals surface area contributed by atoms with Crippen molar-refractivity contribution in [3.63, 3.8) is 0 Å². The lowest BCUT2D eigenvalue weighted by Gasteiger charge is -2.35. The zero-order valence-electron chi connectivity index (χ0n) is 12.5. The number of oxazole rings is 1. The Morgan fingerprint density at radius 1 is 1.28 bits per heavy atom. The summed E-state index contributed by atoms with van der Waals surface area (Å²) >= 11 is 0. The molecule has 1 rings (SSSR count). The number of hydrogen-bond acceptors (Lipinski definition) is 4. The first-order valence-electron chi connectivity index (χ1n) is 6.25. The highest BCUT2D eigenvalue weighted by molar-refractivity contribution is 6.74. The third-order valence-electron chi connectivity index (χ3n) is 3.46. The summed E-state index contributed by atoms with van der Waals surface area (Å²) in [7, 11) is -1.77. The second kappa shape index (κ2) is 4.79. The van der Waals surface area contributed by atoms with Crippen molar-refractivity contribution in [2.24, 2.45) is 0 Å². The molecular weight excluding hydrogens is 246 g/mol. The predicted octanol–water partition coefficient (Wildman–Crippen LogP) is 3.42. The van der Waals surface area contributed by atoms with Gasteiger partial charge in [0, 0.05) is 0 Å². The van der Waals surface area contributed by atoms with Crippen LogP contribution in [0.1, 0.15) is 46.2 Å². The first-order chi connectivity index (χ1) is 7.93. The quantitative estimate of drug-likeness (QED) is 0.852. The van der Waals surface area contributed by atoms with Crippen LogP contribution in [0.5, 0.6) is 0 Å². The van der Waals surface area contributed by atoms with Crippen molar-refractivity contribution in [2.45, 2.75) is 65.0 Å². The second-order valence-electron chi connectivity index (χ2n) is 6.75. The lowest BCUT2D eigenvalue weighted by molar-refractivity contribution is 0.0482. The van der Waals surface area contributed by atoms with Crippen LogP contribution in [0.2, 0.25) is 18.1 Å². The van der Waals surface area contributed by atoms with Gasteiger partial charge in [0.1, 0.15) is 17.6 Å². The molecule has 0 aliphatic rings. The van der Waals surface area contributed by atoms with Crippen molar-refractivity contribution in [3.8, 4) is 0 Å². The van der Waals surface area contributed by atoms with E-state index in [0.29, 0.717) is 12.5 Å². The lowest BCUT2D eigenvalue weighted by Crippen LogP contribution is -2.40. The van der Waals surface area contributed by atoms with Crippen molar-refractivity contribution < 1.29 is 13.9 Å². The van der Waals surface area contributed by atoms with Gasteiger partial charge in [-0.15, -0.1) is 0 Å². The van der Waals surface area contributed by atoms with Gasteiger partial charge in [0.2, 0.25) is 5.89 Å². The fourth-order valence-electron chi connectivity index (χ4n) is 1.13. The normalized spacial score (nSPS) is 14.0. The van der Waals surface area contributed by atoms with Crippen LogP contribution in [0.3, 0.4) is 0 Å². The average Bonchev–Trinajstić information content (AvgIpc) is 2.60. The largest absolute Gasteiger partial charge is 0.446 e. The molecule has 0 radical (unpaired) electrons. The van der Waals surface area contributed by atoms with Crippen molar-refractivity contribution >= 4 is 8.32 Å². The monoisotopic (exact) mass is 271 g/mol. The van der Waals surface area contributed by atoms with Crippen LogP contribution in [0.15, 0.2) is 10.7 Å². The highest BCUT2D eigenvalue weighted by Crippen LogP contribution is 2.37. The molecule has 0 amide bonds. The van der Waals surface area contributed by atoms with Gasteiger partial charge in [0.25, 0.3) is 0 Å². The number of aliphatic hydroxyl groups is 1. The van der Waals surface area contributed by atoms with Gasteiger partial charge < -0.3 is 13.9 Å². The van der Waals surface area contributed by atoms with E-state index in [1.807, 2.05) is 0 Å². The van der Waals surface area contributed by atoms with Crippen molar-refractivity contribution in [1.82, 2.24) is 4.98 Å². The number of rotatable bonds is 4. The highest BCUT2D eigenvalue weighted by Gasteiger charge is 2.37. The van der Waals surface area contributed by atoms with E-state index in [2.05, 4.69) is 38.8 Å². The highest BCUT2D eigenvalue weighted by atomic mass is 28.4. The van der Waals surface area contributed by atoms with Crippen molar-refractivity contribution in [2.75, 3.05) is 0 Å². The van der Waals surface area contributed by atoms with Crippen LogP contribution in [0, 0.1) is 0 Å². The van der Waals surface area contributed by atoms with E-state index in [9.17, 15) is 5.11 Å². The maximum atomic E-state index is 9.77. The molecular formula is C13H25NO3Si. The molecule has 0 aliphatic carbocycles. The SMILES string of the molecule is CC(C)(O)c1nc(CO[Si](C)(C)C(C)(C)C)co1. The third-order valence-corrected chi connectivity index (χ3v) is 7.94. The van der Waals surface area contributed by atoms with E-state index in [0.717, 1.165) is 5.69 Å². The molecule has 0 saturated heterocycles. The molecule has 0 spiro atoms. The average molecular weight is 271 g/mol. The van der Waals surface area contributed by atoms with Crippen LogP contribution in [0.25, 0.3) is 0 Å². The molecule has 0 saturated carbocycles. The summed E-state index contributed by atoms with van der Waals surface area (Å²) in [6, 6.07) is 0. The molecule has 1 heterocycles. The molecule has 4 nitrogen and oxygen atoms in total. The maximum absolute atomic E-state index is 9.77.